The van der Waals surface area contributed by atoms with Gasteiger partial charge in [-0.25, -0.2) is 4.79 Å². The van der Waals surface area contributed by atoms with E-state index in [-0.39, 0.29) is 30.3 Å². The fraction of sp³-hybridized carbons (Fsp3) is 0.633. The first-order valence-corrected chi connectivity index (χ1v) is 13.3. The number of aromatic nitrogens is 1. The van der Waals surface area contributed by atoms with Crippen molar-refractivity contribution in [1.82, 2.24) is 10.1 Å². The number of esters is 1. The van der Waals surface area contributed by atoms with Gasteiger partial charge in [0.15, 0.2) is 0 Å². The molecule has 3 atom stereocenters. The van der Waals surface area contributed by atoms with Crippen molar-refractivity contribution in [3.63, 3.8) is 0 Å². The average molecular weight is 529 g/mol. The first kappa shape index (κ1) is 29.7. The predicted octanol–water partition coefficient (Wildman–Crippen LogP) is 5.61. The van der Waals surface area contributed by atoms with Crippen LogP contribution in [0.3, 0.4) is 0 Å². The van der Waals surface area contributed by atoms with Gasteiger partial charge >= 0.3 is 5.97 Å². The summed E-state index contributed by atoms with van der Waals surface area (Å²) < 4.78 is 17.0. The molecule has 0 radical (unpaired) electrons. The number of benzene rings is 1. The van der Waals surface area contributed by atoms with Crippen molar-refractivity contribution in [2.75, 3.05) is 13.7 Å². The van der Waals surface area contributed by atoms with Gasteiger partial charge in [0.2, 0.25) is 0 Å². The molecule has 1 unspecified atom stereocenters. The van der Waals surface area contributed by atoms with E-state index in [9.17, 15) is 14.7 Å². The van der Waals surface area contributed by atoms with Gasteiger partial charge in [-0.15, -0.1) is 0 Å². The molecule has 0 bridgehead atoms. The Bertz CT molecular complexity index is 1160. The minimum absolute atomic E-state index is 0.0627. The topological polar surface area (TPSA) is 102 Å². The summed E-state index contributed by atoms with van der Waals surface area (Å²) in [6.07, 6.45) is 0.616. The van der Waals surface area contributed by atoms with Crippen LogP contribution >= 0.6 is 0 Å². The zero-order valence-corrected chi connectivity index (χ0v) is 24.5. The second-order valence-electron chi connectivity index (χ2n) is 12.9. The Morgan fingerprint density at radius 1 is 1.18 bits per heavy atom. The molecule has 1 aromatic heterocycles. The highest BCUT2D eigenvalue weighted by Gasteiger charge is 2.60. The molecule has 3 rings (SSSR count). The van der Waals surface area contributed by atoms with Crippen molar-refractivity contribution in [1.29, 1.82) is 0 Å². The smallest absolute Gasteiger partial charge is 0.332 e. The van der Waals surface area contributed by atoms with Crippen LogP contribution in [0, 0.1) is 18.8 Å². The molecule has 1 N–H and O–H groups in total. The van der Waals surface area contributed by atoms with Crippen molar-refractivity contribution < 1.29 is 28.7 Å². The number of carbonyl (C=O) groups is 2. The molecule has 8 heteroatoms. The van der Waals surface area contributed by atoms with Crippen LogP contribution in [-0.2, 0) is 14.9 Å². The molecular formula is C30H44N2O6. The standard InChI is InChI=1S/C30H44N2O6/c1-18(2)15-30(27(35)37-29(7,8)9)16-21(17-33)25(23-13-19(3)38-31-23)32(30)26(34)20-11-12-22(28(4,5)6)24(14-20)36-10/h11-14,18,21,25,33H,15-17H2,1-10H3/t21?,25-,30+/m0/s1. The van der Waals surface area contributed by atoms with Crippen molar-refractivity contribution in [3.05, 3.63) is 46.8 Å². The molecule has 1 aromatic carbocycles. The lowest BCUT2D eigenvalue weighted by atomic mass is 9.83. The number of ether oxygens (including phenoxy) is 2. The van der Waals surface area contributed by atoms with Crippen LogP contribution in [0.4, 0.5) is 0 Å². The fourth-order valence-corrected chi connectivity index (χ4v) is 5.58. The third-order valence-electron chi connectivity index (χ3n) is 6.97. The number of carbonyl (C=O) groups excluding carboxylic acids is 2. The van der Waals surface area contributed by atoms with Gasteiger partial charge in [0, 0.05) is 24.2 Å². The van der Waals surface area contributed by atoms with Gasteiger partial charge in [0.05, 0.1) is 13.2 Å². The quantitative estimate of drug-likeness (QED) is 0.466. The van der Waals surface area contributed by atoms with Crippen LogP contribution in [0.15, 0.2) is 28.8 Å². The lowest BCUT2D eigenvalue weighted by Crippen LogP contribution is -2.56. The highest BCUT2D eigenvalue weighted by Crippen LogP contribution is 2.51. The Hall–Kier alpha value is -2.87. The maximum absolute atomic E-state index is 14.5. The first-order valence-electron chi connectivity index (χ1n) is 13.3. The van der Waals surface area contributed by atoms with Crippen LogP contribution < -0.4 is 4.74 Å². The number of hydrogen-bond donors (Lipinski definition) is 1. The average Bonchev–Trinajstić information content (AvgIpc) is 3.37. The second-order valence-corrected chi connectivity index (χ2v) is 12.9. The molecule has 0 spiro atoms. The third-order valence-corrected chi connectivity index (χ3v) is 6.97. The highest BCUT2D eigenvalue weighted by molar-refractivity contribution is 5.99. The minimum Gasteiger partial charge on any atom is -0.496 e. The third kappa shape index (κ3) is 5.90. The van der Waals surface area contributed by atoms with Gasteiger partial charge in [0.25, 0.3) is 5.91 Å². The summed E-state index contributed by atoms with van der Waals surface area (Å²) in [6, 6.07) is 6.49. The molecule has 38 heavy (non-hydrogen) atoms. The van der Waals surface area contributed by atoms with Gasteiger partial charge in [-0.3, -0.25) is 4.79 Å². The van der Waals surface area contributed by atoms with Gasteiger partial charge in [-0.2, -0.15) is 0 Å². The van der Waals surface area contributed by atoms with Crippen LogP contribution in [0.1, 0.15) is 102 Å². The maximum atomic E-state index is 14.5. The zero-order valence-electron chi connectivity index (χ0n) is 24.5. The second kappa shape index (κ2) is 10.7. The van der Waals surface area contributed by atoms with E-state index < -0.39 is 29.1 Å². The highest BCUT2D eigenvalue weighted by atomic mass is 16.6. The number of aryl methyl sites for hydroxylation is 1. The van der Waals surface area contributed by atoms with E-state index in [1.807, 2.05) is 40.7 Å². The lowest BCUT2D eigenvalue weighted by molar-refractivity contribution is -0.168. The molecule has 0 saturated carbocycles. The largest absolute Gasteiger partial charge is 0.496 e. The van der Waals surface area contributed by atoms with E-state index in [0.29, 0.717) is 29.2 Å². The Balaban J connectivity index is 2.26. The summed E-state index contributed by atoms with van der Waals surface area (Å²) in [6.45, 7) is 17.3. The summed E-state index contributed by atoms with van der Waals surface area (Å²) in [7, 11) is 1.58. The monoisotopic (exact) mass is 528 g/mol. The molecule has 8 nitrogen and oxygen atoms in total. The first-order chi connectivity index (χ1) is 17.5. The zero-order chi connectivity index (χ0) is 28.6. The normalized spacial score (nSPS) is 22.2. The molecule has 1 amide bonds. The number of amides is 1. The van der Waals surface area contributed by atoms with E-state index in [0.717, 1.165) is 5.56 Å². The molecule has 0 aliphatic carbocycles. The number of nitrogens with zero attached hydrogens (tertiary/aromatic N) is 2. The van der Waals surface area contributed by atoms with E-state index in [2.05, 4.69) is 25.9 Å². The van der Waals surface area contributed by atoms with Gasteiger partial charge in [-0.05, 0) is 69.6 Å². The number of aliphatic hydroxyl groups excluding tert-OH is 1. The van der Waals surface area contributed by atoms with E-state index in [1.54, 1.807) is 37.1 Å². The number of likely N-dealkylation sites (tertiary alicyclic amines) is 1. The van der Waals surface area contributed by atoms with Crippen molar-refractivity contribution in [2.24, 2.45) is 11.8 Å². The summed E-state index contributed by atoms with van der Waals surface area (Å²) >= 11 is 0. The Morgan fingerprint density at radius 3 is 2.32 bits per heavy atom. The molecule has 2 heterocycles. The maximum Gasteiger partial charge on any atom is 0.332 e. The Morgan fingerprint density at radius 2 is 1.84 bits per heavy atom. The fourth-order valence-electron chi connectivity index (χ4n) is 5.58. The van der Waals surface area contributed by atoms with E-state index in [1.165, 1.54) is 0 Å². The number of rotatable bonds is 7. The summed E-state index contributed by atoms with van der Waals surface area (Å²) in [4.78, 5) is 30.2. The molecular weight excluding hydrogens is 484 g/mol. The summed E-state index contributed by atoms with van der Waals surface area (Å²) in [5, 5.41) is 14.7. The Labute approximate surface area is 226 Å². The van der Waals surface area contributed by atoms with Gasteiger partial charge in [-0.1, -0.05) is 45.8 Å². The SMILES string of the molecule is COc1cc(C(=O)N2[C@H](c3cc(C)on3)C(CO)C[C@]2(CC(C)C)C(=O)OC(C)(C)C)ccc1C(C)(C)C. The van der Waals surface area contributed by atoms with Gasteiger partial charge < -0.3 is 24.0 Å². The van der Waals surface area contributed by atoms with Crippen molar-refractivity contribution in [2.45, 2.75) is 97.8 Å². The molecule has 1 aliphatic rings. The number of hydrogen-bond acceptors (Lipinski definition) is 7. The molecule has 1 fully saturated rings. The van der Waals surface area contributed by atoms with Gasteiger partial charge in [0.1, 0.15) is 28.3 Å². The predicted molar refractivity (Wildman–Crippen MR) is 145 cm³/mol. The van der Waals surface area contributed by atoms with Crippen molar-refractivity contribution >= 4 is 11.9 Å². The molecule has 1 saturated heterocycles. The minimum atomic E-state index is -1.31. The number of methoxy groups -OCH3 is 1. The molecule has 210 valence electrons. The molecule has 2 aromatic rings. The van der Waals surface area contributed by atoms with Crippen LogP contribution in [0.5, 0.6) is 5.75 Å². The van der Waals surface area contributed by atoms with E-state index >= 15 is 0 Å². The lowest BCUT2D eigenvalue weighted by Gasteiger charge is -2.41. The summed E-state index contributed by atoms with van der Waals surface area (Å²) in [5.41, 5.74) is -0.404. The Kier molecular flexibility index (Phi) is 8.37. The number of aliphatic hydroxyl groups is 1. The molecule has 1 aliphatic heterocycles. The van der Waals surface area contributed by atoms with E-state index in [4.69, 9.17) is 14.0 Å². The van der Waals surface area contributed by atoms with Crippen molar-refractivity contribution in [3.8, 4) is 5.75 Å². The van der Waals surface area contributed by atoms with Crippen LogP contribution in [-0.4, -0.2) is 51.9 Å². The van der Waals surface area contributed by atoms with Crippen LogP contribution in [0.25, 0.3) is 0 Å². The van der Waals surface area contributed by atoms with Crippen LogP contribution in [0.2, 0.25) is 0 Å². The summed E-state index contributed by atoms with van der Waals surface area (Å²) in [5.74, 6) is -0.0256.